The van der Waals surface area contributed by atoms with E-state index < -0.39 is 0 Å². The molecule has 3 nitrogen and oxygen atoms in total. The molecule has 1 aromatic rings. The van der Waals surface area contributed by atoms with Crippen molar-refractivity contribution in [2.75, 3.05) is 6.54 Å². The molecule has 1 saturated heterocycles. The van der Waals surface area contributed by atoms with Crippen LogP contribution < -0.4 is 10.1 Å². The molecule has 17 heavy (non-hydrogen) atoms. The zero-order valence-corrected chi connectivity index (χ0v) is 9.73. The number of aromatic nitrogens is 1. The maximum absolute atomic E-state index is 5.26. The Morgan fingerprint density at radius 3 is 3.24 bits per heavy atom. The molecule has 0 unspecified atom stereocenters. The molecule has 0 amide bonds. The van der Waals surface area contributed by atoms with E-state index in [1.807, 2.05) is 12.3 Å². The van der Waals surface area contributed by atoms with Crippen LogP contribution >= 0.6 is 0 Å². The third-order valence-corrected chi connectivity index (χ3v) is 3.57. The lowest BCUT2D eigenvalue weighted by molar-refractivity contribution is 0.481. The Balaban J connectivity index is 1.84. The number of fused-ring (bicyclic) bond motifs is 1. The summed E-state index contributed by atoms with van der Waals surface area (Å²) in [4.78, 5) is 4.21. The highest BCUT2D eigenvalue weighted by atomic mass is 16.5. The van der Waals surface area contributed by atoms with E-state index in [4.69, 9.17) is 4.74 Å². The molecule has 0 aromatic carbocycles. The number of hydrogen-bond donors (Lipinski definition) is 1. The minimum Gasteiger partial charge on any atom is -0.464 e. The average molecular weight is 228 g/mol. The molecule has 0 bridgehead atoms. The monoisotopic (exact) mass is 228 g/mol. The molecule has 2 heterocycles. The fraction of sp³-hybridized carbons (Fsp3) is 0.357. The maximum atomic E-state index is 5.26. The van der Waals surface area contributed by atoms with Gasteiger partial charge in [-0.25, -0.2) is 0 Å². The molecule has 1 aliphatic carbocycles. The Kier molecular flexibility index (Phi) is 2.69. The van der Waals surface area contributed by atoms with Crippen molar-refractivity contribution in [2.24, 2.45) is 5.92 Å². The maximum Gasteiger partial charge on any atom is 0.145 e. The minimum absolute atomic E-state index is 0.564. The molecule has 0 saturated carbocycles. The van der Waals surface area contributed by atoms with Crippen LogP contribution in [0.15, 0.2) is 37.4 Å². The predicted molar refractivity (Wildman–Crippen MR) is 67.6 cm³/mol. The van der Waals surface area contributed by atoms with Gasteiger partial charge in [0.15, 0.2) is 0 Å². The lowest BCUT2D eigenvalue weighted by atomic mass is 10.00. The molecular formula is C14H16N2O. The third-order valence-electron chi connectivity index (χ3n) is 3.57. The Hall–Kier alpha value is -1.61. The minimum atomic E-state index is 0.564. The molecule has 1 aromatic heterocycles. The molecule has 0 radical (unpaired) electrons. The fourth-order valence-corrected chi connectivity index (χ4v) is 2.74. The van der Waals surface area contributed by atoms with Crippen LogP contribution in [-0.4, -0.2) is 17.6 Å². The van der Waals surface area contributed by atoms with E-state index in [1.165, 1.54) is 23.8 Å². The molecular weight excluding hydrogens is 212 g/mol. The number of hydrogen-bond acceptors (Lipinski definition) is 3. The van der Waals surface area contributed by atoms with Gasteiger partial charge in [-0.05, 0) is 42.5 Å². The molecule has 0 spiro atoms. The second-order valence-corrected chi connectivity index (χ2v) is 4.62. The third kappa shape index (κ3) is 1.98. The number of allylic oxidation sites excluding steroid dienone is 1. The average Bonchev–Trinajstić information content (AvgIpc) is 2.89. The Morgan fingerprint density at radius 1 is 1.47 bits per heavy atom. The first-order valence-electron chi connectivity index (χ1n) is 6.04. The fourth-order valence-electron chi connectivity index (χ4n) is 2.74. The standard InChI is InChI=1S/C14H16N2O/c1-2-17-13-6-12(8-15-9-13)11-5-10-3-4-16-14(10)7-11/h2,6-10,14,16H,1,3-5H2/t10-,14+/m0/s1. The van der Waals surface area contributed by atoms with Crippen LogP contribution in [0.1, 0.15) is 18.4 Å². The van der Waals surface area contributed by atoms with Crippen molar-refractivity contribution in [3.05, 3.63) is 42.9 Å². The molecule has 3 heteroatoms. The topological polar surface area (TPSA) is 34.1 Å². The zero-order chi connectivity index (χ0) is 11.7. The summed E-state index contributed by atoms with van der Waals surface area (Å²) in [5.41, 5.74) is 2.55. The first kappa shape index (κ1) is 10.5. The first-order chi connectivity index (χ1) is 8.36. The molecule has 1 N–H and O–H groups in total. The van der Waals surface area contributed by atoms with Crippen molar-refractivity contribution in [2.45, 2.75) is 18.9 Å². The van der Waals surface area contributed by atoms with Gasteiger partial charge in [-0.3, -0.25) is 4.98 Å². The van der Waals surface area contributed by atoms with Crippen LogP contribution in [0.2, 0.25) is 0 Å². The highest BCUT2D eigenvalue weighted by Gasteiger charge is 2.31. The van der Waals surface area contributed by atoms with Crippen LogP contribution in [-0.2, 0) is 0 Å². The van der Waals surface area contributed by atoms with Crippen LogP contribution in [0.5, 0.6) is 5.75 Å². The second kappa shape index (κ2) is 4.34. The highest BCUT2D eigenvalue weighted by molar-refractivity contribution is 5.69. The Bertz CT molecular complexity index is 467. The summed E-state index contributed by atoms with van der Waals surface area (Å²) in [6.45, 7) is 4.70. The van der Waals surface area contributed by atoms with E-state index in [0.717, 1.165) is 24.6 Å². The number of nitrogens with one attached hydrogen (secondary N) is 1. The number of nitrogens with zero attached hydrogens (tertiary/aromatic N) is 1. The highest BCUT2D eigenvalue weighted by Crippen LogP contribution is 2.37. The SMILES string of the molecule is C=COc1cncc(C2=C[C@H]3NCC[C@H]3C2)c1. The summed E-state index contributed by atoms with van der Waals surface area (Å²) < 4.78 is 5.26. The second-order valence-electron chi connectivity index (χ2n) is 4.62. The summed E-state index contributed by atoms with van der Waals surface area (Å²) in [5.74, 6) is 1.53. The van der Waals surface area contributed by atoms with Crippen LogP contribution in [0.4, 0.5) is 0 Å². The Labute approximate surface area is 101 Å². The molecule has 3 rings (SSSR count). The van der Waals surface area contributed by atoms with Crippen LogP contribution in [0.25, 0.3) is 5.57 Å². The Morgan fingerprint density at radius 2 is 2.41 bits per heavy atom. The molecule has 88 valence electrons. The summed E-state index contributed by atoms with van der Waals surface area (Å²) in [6, 6.07) is 2.59. The van der Waals surface area contributed by atoms with Crippen molar-refractivity contribution in [1.29, 1.82) is 0 Å². The molecule has 2 aliphatic rings. The van der Waals surface area contributed by atoms with Crippen molar-refractivity contribution in [3.8, 4) is 5.75 Å². The van der Waals surface area contributed by atoms with Gasteiger partial charge in [0.25, 0.3) is 0 Å². The first-order valence-corrected chi connectivity index (χ1v) is 6.04. The van der Waals surface area contributed by atoms with Crippen molar-refractivity contribution in [1.82, 2.24) is 10.3 Å². The normalized spacial score (nSPS) is 26.5. The van der Waals surface area contributed by atoms with E-state index in [1.54, 1.807) is 6.20 Å². The summed E-state index contributed by atoms with van der Waals surface area (Å²) >= 11 is 0. The van der Waals surface area contributed by atoms with Gasteiger partial charge in [0.1, 0.15) is 5.75 Å². The van der Waals surface area contributed by atoms with E-state index in [-0.39, 0.29) is 0 Å². The lowest BCUT2D eigenvalue weighted by Crippen LogP contribution is -2.20. The van der Waals surface area contributed by atoms with E-state index in [9.17, 15) is 0 Å². The molecule has 1 aliphatic heterocycles. The van der Waals surface area contributed by atoms with Gasteiger partial charge in [-0.2, -0.15) is 0 Å². The summed E-state index contributed by atoms with van der Waals surface area (Å²) in [6.07, 6.45) is 9.81. The predicted octanol–water partition coefficient (Wildman–Crippen LogP) is 2.37. The van der Waals surface area contributed by atoms with Crippen molar-refractivity contribution >= 4 is 5.57 Å². The van der Waals surface area contributed by atoms with Crippen LogP contribution in [0, 0.1) is 5.92 Å². The number of rotatable bonds is 3. The quantitative estimate of drug-likeness (QED) is 0.806. The van der Waals surface area contributed by atoms with Crippen LogP contribution in [0.3, 0.4) is 0 Å². The van der Waals surface area contributed by atoms with E-state index in [0.29, 0.717) is 6.04 Å². The summed E-state index contributed by atoms with van der Waals surface area (Å²) in [7, 11) is 0. The largest absolute Gasteiger partial charge is 0.464 e. The van der Waals surface area contributed by atoms with Gasteiger partial charge in [0.2, 0.25) is 0 Å². The van der Waals surface area contributed by atoms with Gasteiger partial charge in [-0.15, -0.1) is 0 Å². The van der Waals surface area contributed by atoms with Gasteiger partial charge in [0.05, 0.1) is 12.5 Å². The molecule has 1 fully saturated rings. The van der Waals surface area contributed by atoms with E-state index in [2.05, 4.69) is 23.0 Å². The summed E-state index contributed by atoms with van der Waals surface area (Å²) in [5, 5.41) is 3.51. The molecule has 2 atom stereocenters. The van der Waals surface area contributed by atoms with Gasteiger partial charge in [-0.1, -0.05) is 12.7 Å². The zero-order valence-electron chi connectivity index (χ0n) is 9.73. The van der Waals surface area contributed by atoms with Gasteiger partial charge >= 0.3 is 0 Å². The van der Waals surface area contributed by atoms with E-state index >= 15 is 0 Å². The van der Waals surface area contributed by atoms with Crippen molar-refractivity contribution < 1.29 is 4.74 Å². The number of ether oxygens (including phenoxy) is 1. The van der Waals surface area contributed by atoms with Gasteiger partial charge < -0.3 is 10.1 Å². The lowest BCUT2D eigenvalue weighted by Gasteiger charge is -2.07. The van der Waals surface area contributed by atoms with Crippen molar-refractivity contribution in [3.63, 3.8) is 0 Å². The smallest absolute Gasteiger partial charge is 0.145 e. The number of pyridine rings is 1. The van der Waals surface area contributed by atoms with Gasteiger partial charge in [0, 0.05) is 12.2 Å².